The second kappa shape index (κ2) is 4.26. The van der Waals surface area contributed by atoms with E-state index in [-0.39, 0.29) is 11.7 Å². The highest BCUT2D eigenvalue weighted by atomic mass is 19.1. The minimum Gasteiger partial charge on any atom is -0.381 e. The van der Waals surface area contributed by atoms with Gasteiger partial charge < -0.3 is 5.73 Å². The summed E-state index contributed by atoms with van der Waals surface area (Å²) in [5.74, 6) is -0.766. The molecular formula is C12H12FN3. The molecule has 0 spiro atoms. The topological polar surface area (TPSA) is 51.8 Å². The number of benzene rings is 1. The van der Waals surface area contributed by atoms with E-state index >= 15 is 0 Å². The van der Waals surface area contributed by atoms with Crippen molar-refractivity contribution in [1.82, 2.24) is 9.97 Å². The molecule has 0 amide bonds. The highest BCUT2D eigenvalue weighted by Gasteiger charge is 2.16. The molecule has 82 valence electrons. The summed E-state index contributed by atoms with van der Waals surface area (Å²) in [6.45, 7) is 1.89. The van der Waals surface area contributed by atoms with Crippen molar-refractivity contribution < 1.29 is 4.39 Å². The molecular weight excluding hydrogens is 205 g/mol. The number of nitrogens with two attached hydrogens (primary N) is 1. The standard InChI is InChI=1S/C12H12FN3/c1-8(9-5-3-2-4-6-9)11-10(13)12(14)16-7-15-11/h2-8H,1H3,(H2,14,15,16). The molecule has 1 aromatic heterocycles. The SMILES string of the molecule is CC(c1ccccc1)c1ncnc(N)c1F. The summed E-state index contributed by atoms with van der Waals surface area (Å²) < 4.78 is 13.7. The molecule has 1 unspecified atom stereocenters. The molecule has 1 aromatic carbocycles. The van der Waals surface area contributed by atoms with Crippen LogP contribution in [0.2, 0.25) is 0 Å². The predicted molar refractivity (Wildman–Crippen MR) is 60.4 cm³/mol. The molecule has 0 saturated carbocycles. The Kier molecular flexibility index (Phi) is 2.81. The van der Waals surface area contributed by atoms with Crippen LogP contribution in [-0.4, -0.2) is 9.97 Å². The maximum absolute atomic E-state index is 13.7. The normalized spacial score (nSPS) is 12.4. The maximum atomic E-state index is 13.7. The second-order valence-electron chi connectivity index (χ2n) is 3.59. The molecule has 0 bridgehead atoms. The molecule has 0 saturated heterocycles. The van der Waals surface area contributed by atoms with E-state index in [1.165, 1.54) is 6.33 Å². The summed E-state index contributed by atoms with van der Waals surface area (Å²) >= 11 is 0. The smallest absolute Gasteiger partial charge is 0.187 e. The van der Waals surface area contributed by atoms with Gasteiger partial charge in [-0.3, -0.25) is 0 Å². The number of nitrogens with zero attached hydrogens (tertiary/aromatic N) is 2. The van der Waals surface area contributed by atoms with Crippen molar-refractivity contribution in [2.24, 2.45) is 0 Å². The number of nitrogen functional groups attached to an aromatic ring is 1. The molecule has 1 heterocycles. The molecule has 0 aliphatic rings. The average Bonchev–Trinajstić information content (AvgIpc) is 2.33. The third-order valence-corrected chi connectivity index (χ3v) is 2.55. The Morgan fingerprint density at radius 3 is 2.56 bits per heavy atom. The fourth-order valence-corrected chi connectivity index (χ4v) is 1.60. The highest BCUT2D eigenvalue weighted by molar-refractivity contribution is 5.36. The van der Waals surface area contributed by atoms with Gasteiger partial charge in [0.1, 0.15) is 6.33 Å². The van der Waals surface area contributed by atoms with Gasteiger partial charge in [-0.25, -0.2) is 14.4 Å². The summed E-state index contributed by atoms with van der Waals surface area (Å²) in [7, 11) is 0. The van der Waals surface area contributed by atoms with Crippen molar-refractivity contribution in [3.63, 3.8) is 0 Å². The number of aromatic nitrogens is 2. The van der Waals surface area contributed by atoms with Gasteiger partial charge >= 0.3 is 0 Å². The van der Waals surface area contributed by atoms with E-state index in [1.807, 2.05) is 37.3 Å². The molecule has 2 N–H and O–H groups in total. The van der Waals surface area contributed by atoms with Crippen LogP contribution in [0.5, 0.6) is 0 Å². The van der Waals surface area contributed by atoms with Crippen LogP contribution in [0.4, 0.5) is 10.2 Å². The zero-order chi connectivity index (χ0) is 11.5. The lowest BCUT2D eigenvalue weighted by Gasteiger charge is -2.12. The van der Waals surface area contributed by atoms with E-state index in [2.05, 4.69) is 9.97 Å². The molecule has 1 atom stereocenters. The zero-order valence-electron chi connectivity index (χ0n) is 8.89. The largest absolute Gasteiger partial charge is 0.381 e. The first-order valence-corrected chi connectivity index (χ1v) is 5.01. The van der Waals surface area contributed by atoms with Crippen LogP contribution in [0, 0.1) is 5.82 Å². The van der Waals surface area contributed by atoms with E-state index in [4.69, 9.17) is 5.73 Å². The summed E-state index contributed by atoms with van der Waals surface area (Å²) in [4.78, 5) is 7.56. The lowest BCUT2D eigenvalue weighted by molar-refractivity contribution is 0.588. The van der Waals surface area contributed by atoms with Crippen molar-refractivity contribution in [2.45, 2.75) is 12.8 Å². The fourth-order valence-electron chi connectivity index (χ4n) is 1.60. The highest BCUT2D eigenvalue weighted by Crippen LogP contribution is 2.25. The lowest BCUT2D eigenvalue weighted by atomic mass is 9.97. The summed E-state index contributed by atoms with van der Waals surface area (Å²) in [6.07, 6.45) is 1.28. The van der Waals surface area contributed by atoms with Crippen molar-refractivity contribution in [1.29, 1.82) is 0 Å². The molecule has 0 fully saturated rings. The molecule has 0 aliphatic carbocycles. The Labute approximate surface area is 93.2 Å². The van der Waals surface area contributed by atoms with Crippen molar-refractivity contribution >= 4 is 5.82 Å². The van der Waals surface area contributed by atoms with Crippen LogP contribution in [0.25, 0.3) is 0 Å². The number of rotatable bonds is 2. The Balaban J connectivity index is 2.42. The van der Waals surface area contributed by atoms with Crippen LogP contribution in [0.1, 0.15) is 24.1 Å². The Morgan fingerprint density at radius 1 is 1.19 bits per heavy atom. The van der Waals surface area contributed by atoms with Gasteiger partial charge in [-0.2, -0.15) is 0 Å². The second-order valence-corrected chi connectivity index (χ2v) is 3.59. The number of anilines is 1. The zero-order valence-corrected chi connectivity index (χ0v) is 8.89. The van der Waals surface area contributed by atoms with E-state index in [1.54, 1.807) is 0 Å². The van der Waals surface area contributed by atoms with Gasteiger partial charge in [-0.05, 0) is 5.56 Å². The van der Waals surface area contributed by atoms with Crippen LogP contribution in [0.3, 0.4) is 0 Å². The summed E-state index contributed by atoms with van der Waals surface area (Å²) in [6, 6.07) is 9.61. The van der Waals surface area contributed by atoms with Crippen LogP contribution in [0.15, 0.2) is 36.7 Å². The third-order valence-electron chi connectivity index (χ3n) is 2.55. The molecule has 3 nitrogen and oxygen atoms in total. The number of hydrogen-bond donors (Lipinski definition) is 1. The quantitative estimate of drug-likeness (QED) is 0.840. The first kappa shape index (κ1) is 10.5. The minimum atomic E-state index is -0.529. The van der Waals surface area contributed by atoms with Gasteiger partial charge in [-0.1, -0.05) is 37.3 Å². The van der Waals surface area contributed by atoms with Gasteiger partial charge in [-0.15, -0.1) is 0 Å². The molecule has 4 heteroatoms. The van der Waals surface area contributed by atoms with Crippen molar-refractivity contribution in [3.05, 3.63) is 53.7 Å². The molecule has 0 aliphatic heterocycles. The van der Waals surface area contributed by atoms with E-state index in [0.717, 1.165) is 5.56 Å². The lowest BCUT2D eigenvalue weighted by Crippen LogP contribution is -2.06. The number of halogens is 1. The molecule has 16 heavy (non-hydrogen) atoms. The molecule has 2 aromatic rings. The van der Waals surface area contributed by atoms with Gasteiger partial charge in [0.15, 0.2) is 11.6 Å². The Morgan fingerprint density at radius 2 is 1.88 bits per heavy atom. The number of hydrogen-bond acceptors (Lipinski definition) is 3. The first-order valence-electron chi connectivity index (χ1n) is 5.01. The van der Waals surface area contributed by atoms with E-state index in [0.29, 0.717) is 5.69 Å². The van der Waals surface area contributed by atoms with E-state index < -0.39 is 5.82 Å². The average molecular weight is 217 g/mol. The summed E-state index contributed by atoms with van der Waals surface area (Å²) in [5.41, 5.74) is 6.74. The van der Waals surface area contributed by atoms with Crippen LogP contribution < -0.4 is 5.73 Å². The minimum absolute atomic E-state index is 0.104. The Bertz CT molecular complexity index is 485. The van der Waals surface area contributed by atoms with Gasteiger partial charge in [0.05, 0.1) is 5.69 Å². The summed E-state index contributed by atoms with van der Waals surface area (Å²) in [5, 5.41) is 0. The van der Waals surface area contributed by atoms with E-state index in [9.17, 15) is 4.39 Å². The molecule has 2 rings (SSSR count). The van der Waals surface area contributed by atoms with Crippen LogP contribution >= 0.6 is 0 Å². The fraction of sp³-hybridized carbons (Fsp3) is 0.167. The third kappa shape index (κ3) is 1.86. The van der Waals surface area contributed by atoms with Crippen molar-refractivity contribution in [2.75, 3.05) is 5.73 Å². The predicted octanol–water partition coefficient (Wildman–Crippen LogP) is 2.35. The van der Waals surface area contributed by atoms with Gasteiger partial charge in [0.2, 0.25) is 0 Å². The monoisotopic (exact) mass is 217 g/mol. The first-order chi connectivity index (χ1) is 7.70. The Hall–Kier alpha value is -1.97. The van der Waals surface area contributed by atoms with Gasteiger partial charge in [0.25, 0.3) is 0 Å². The van der Waals surface area contributed by atoms with Crippen molar-refractivity contribution in [3.8, 4) is 0 Å². The van der Waals surface area contributed by atoms with Crippen LogP contribution in [-0.2, 0) is 0 Å². The molecule has 0 radical (unpaired) electrons. The van der Waals surface area contributed by atoms with Gasteiger partial charge in [0, 0.05) is 5.92 Å². The maximum Gasteiger partial charge on any atom is 0.187 e.